The maximum atomic E-state index is 13.4. The van der Waals surface area contributed by atoms with E-state index in [-0.39, 0.29) is 43.9 Å². The summed E-state index contributed by atoms with van der Waals surface area (Å²) in [5.41, 5.74) is 0.387. The second-order valence-corrected chi connectivity index (χ2v) is 8.08. The second kappa shape index (κ2) is 8.06. The lowest BCUT2D eigenvalue weighted by molar-refractivity contribution is -0.159. The molecule has 0 bridgehead atoms. The summed E-state index contributed by atoms with van der Waals surface area (Å²) in [7, 11) is 0. The zero-order valence-electron chi connectivity index (χ0n) is 18.0. The molecule has 0 radical (unpaired) electrons. The Labute approximate surface area is 181 Å². The van der Waals surface area contributed by atoms with Gasteiger partial charge in [-0.1, -0.05) is 30.3 Å². The number of ether oxygens (including phenoxy) is 2. The molecule has 0 aliphatic carbocycles. The fraction of sp³-hybridized carbons (Fsp3) is 0.375. The van der Waals surface area contributed by atoms with Crippen molar-refractivity contribution in [3.63, 3.8) is 0 Å². The highest BCUT2D eigenvalue weighted by Crippen LogP contribution is 2.45. The van der Waals surface area contributed by atoms with E-state index in [1.54, 1.807) is 24.3 Å². The van der Waals surface area contributed by atoms with Crippen LogP contribution in [0.15, 0.2) is 48.5 Å². The lowest BCUT2D eigenvalue weighted by Gasteiger charge is -2.50. The highest BCUT2D eigenvalue weighted by Gasteiger charge is 2.62. The summed E-state index contributed by atoms with van der Waals surface area (Å²) >= 11 is 0. The van der Waals surface area contributed by atoms with Crippen molar-refractivity contribution in [3.05, 3.63) is 59.7 Å². The van der Waals surface area contributed by atoms with E-state index in [9.17, 15) is 14.4 Å². The Morgan fingerprint density at radius 1 is 1.06 bits per heavy atom. The van der Waals surface area contributed by atoms with E-state index in [0.29, 0.717) is 11.3 Å². The summed E-state index contributed by atoms with van der Waals surface area (Å²) < 4.78 is 11.3. The van der Waals surface area contributed by atoms with Gasteiger partial charge < -0.3 is 14.4 Å². The topological polar surface area (TPSA) is 76.1 Å². The number of rotatable bonds is 6. The fourth-order valence-corrected chi connectivity index (χ4v) is 4.49. The molecule has 2 aromatic rings. The molecule has 2 aliphatic heterocycles. The molecule has 2 heterocycles. The number of fused-ring (bicyclic) bond motifs is 3. The first kappa shape index (κ1) is 20.9. The number of amides is 2. The lowest BCUT2D eigenvalue weighted by atomic mass is 9.95. The molecule has 7 nitrogen and oxygen atoms in total. The molecule has 0 saturated carbocycles. The van der Waals surface area contributed by atoms with Gasteiger partial charge in [0.25, 0.3) is 5.91 Å². The largest absolute Gasteiger partial charge is 0.490 e. The summed E-state index contributed by atoms with van der Waals surface area (Å²) in [6.45, 7) is 5.80. The molecule has 0 spiro atoms. The first-order valence-corrected chi connectivity index (χ1v) is 10.5. The third kappa shape index (κ3) is 3.34. The van der Waals surface area contributed by atoms with Crippen LogP contribution in [0, 0.1) is 6.92 Å². The maximum absolute atomic E-state index is 13.4. The summed E-state index contributed by atoms with van der Waals surface area (Å²) in [6.07, 6.45) is 0.362. The number of carbonyl (C=O) groups is 3. The van der Waals surface area contributed by atoms with Crippen LogP contribution in [-0.4, -0.2) is 47.6 Å². The number of benzene rings is 2. The van der Waals surface area contributed by atoms with E-state index in [1.165, 1.54) is 9.80 Å². The third-order valence-electron chi connectivity index (χ3n) is 5.81. The summed E-state index contributed by atoms with van der Waals surface area (Å²) in [4.78, 5) is 42.6. The van der Waals surface area contributed by atoms with Crippen LogP contribution in [0.2, 0.25) is 0 Å². The molecule has 2 aliphatic rings. The highest BCUT2D eigenvalue weighted by molar-refractivity contribution is 6.15. The Balaban J connectivity index is 1.59. The molecule has 0 N–H and O–H groups in total. The van der Waals surface area contributed by atoms with Crippen molar-refractivity contribution in [2.45, 2.75) is 45.3 Å². The molecule has 1 fully saturated rings. The monoisotopic (exact) mass is 422 g/mol. The van der Waals surface area contributed by atoms with Gasteiger partial charge in [-0.15, -0.1) is 0 Å². The SMILES string of the molecule is Cc1ccccc1OCCOC(=O)[C@]12CCC(=O)N1c1ccccc1C(=O)N2C(C)C. The quantitative estimate of drug-likeness (QED) is 0.527. The summed E-state index contributed by atoms with van der Waals surface area (Å²) in [6, 6.07) is 14.2. The van der Waals surface area contributed by atoms with Gasteiger partial charge in [-0.3, -0.25) is 14.5 Å². The number of esters is 1. The van der Waals surface area contributed by atoms with Crippen molar-refractivity contribution in [1.82, 2.24) is 4.90 Å². The van der Waals surface area contributed by atoms with Crippen LogP contribution in [0.5, 0.6) is 5.75 Å². The maximum Gasteiger partial charge on any atom is 0.353 e. The fourth-order valence-electron chi connectivity index (χ4n) is 4.49. The number of anilines is 1. The Kier molecular flexibility index (Phi) is 5.43. The molecule has 4 rings (SSSR count). The average molecular weight is 422 g/mol. The minimum absolute atomic E-state index is 0.0126. The number of hydrogen-bond acceptors (Lipinski definition) is 5. The van der Waals surface area contributed by atoms with Crippen LogP contribution in [-0.2, 0) is 14.3 Å². The van der Waals surface area contributed by atoms with Gasteiger partial charge in [0, 0.05) is 18.9 Å². The van der Waals surface area contributed by atoms with Gasteiger partial charge in [0.15, 0.2) is 0 Å². The summed E-state index contributed by atoms with van der Waals surface area (Å²) in [5, 5.41) is 0. The Morgan fingerprint density at radius 3 is 2.52 bits per heavy atom. The Hall–Kier alpha value is -3.35. The first-order chi connectivity index (χ1) is 14.9. The number of nitrogens with zero attached hydrogens (tertiary/aromatic N) is 2. The molecular weight excluding hydrogens is 396 g/mol. The van der Waals surface area contributed by atoms with Crippen LogP contribution in [0.3, 0.4) is 0 Å². The highest BCUT2D eigenvalue weighted by atomic mass is 16.6. The van der Waals surface area contributed by atoms with Gasteiger partial charge in [-0.25, -0.2) is 4.79 Å². The smallest absolute Gasteiger partial charge is 0.353 e. The minimum Gasteiger partial charge on any atom is -0.490 e. The molecule has 0 unspecified atom stereocenters. The normalized spacial score (nSPS) is 20.0. The molecule has 31 heavy (non-hydrogen) atoms. The first-order valence-electron chi connectivity index (χ1n) is 10.5. The zero-order chi connectivity index (χ0) is 22.2. The number of carbonyl (C=O) groups excluding carboxylic acids is 3. The molecule has 2 amide bonds. The molecular formula is C24H26N2O5. The Morgan fingerprint density at radius 2 is 1.77 bits per heavy atom. The van der Waals surface area contributed by atoms with E-state index in [0.717, 1.165) is 11.3 Å². The molecule has 1 saturated heterocycles. The van der Waals surface area contributed by atoms with Crippen LogP contribution < -0.4 is 9.64 Å². The zero-order valence-corrected chi connectivity index (χ0v) is 18.0. The van der Waals surface area contributed by atoms with Crippen molar-refractivity contribution < 1.29 is 23.9 Å². The van der Waals surface area contributed by atoms with Gasteiger partial charge in [0.2, 0.25) is 11.6 Å². The van der Waals surface area contributed by atoms with Gasteiger partial charge in [0.1, 0.15) is 19.0 Å². The second-order valence-electron chi connectivity index (χ2n) is 8.08. The minimum atomic E-state index is -1.47. The van der Waals surface area contributed by atoms with Crippen LogP contribution >= 0.6 is 0 Å². The average Bonchev–Trinajstić information content (AvgIpc) is 3.10. The number of hydrogen-bond donors (Lipinski definition) is 0. The van der Waals surface area contributed by atoms with Crippen LogP contribution in [0.25, 0.3) is 0 Å². The van der Waals surface area contributed by atoms with Crippen molar-refractivity contribution >= 4 is 23.5 Å². The number of para-hydroxylation sites is 2. The van der Waals surface area contributed by atoms with E-state index in [1.807, 2.05) is 45.0 Å². The Bertz CT molecular complexity index is 1030. The summed E-state index contributed by atoms with van der Waals surface area (Å²) in [5.74, 6) is -0.355. The lowest BCUT2D eigenvalue weighted by Crippen LogP contribution is -2.70. The predicted molar refractivity (Wildman–Crippen MR) is 115 cm³/mol. The predicted octanol–water partition coefficient (Wildman–Crippen LogP) is 3.30. The molecule has 0 aromatic heterocycles. The van der Waals surface area contributed by atoms with Gasteiger partial charge in [0.05, 0.1) is 11.3 Å². The standard InChI is InChI=1S/C24H26N2O5/c1-16(2)25-22(28)18-9-5-6-10-19(18)26-21(27)12-13-24(25,26)23(29)31-15-14-30-20-11-7-4-8-17(20)3/h4-11,16H,12-15H2,1-3H3/t24-/m0/s1. The van der Waals surface area contributed by atoms with Crippen molar-refractivity contribution in [3.8, 4) is 5.75 Å². The van der Waals surface area contributed by atoms with Gasteiger partial charge in [-0.2, -0.15) is 0 Å². The van der Waals surface area contributed by atoms with E-state index in [2.05, 4.69) is 0 Å². The van der Waals surface area contributed by atoms with Gasteiger partial charge >= 0.3 is 5.97 Å². The van der Waals surface area contributed by atoms with Crippen molar-refractivity contribution in [2.75, 3.05) is 18.1 Å². The van der Waals surface area contributed by atoms with E-state index < -0.39 is 11.6 Å². The molecule has 1 atom stereocenters. The van der Waals surface area contributed by atoms with Crippen LogP contribution in [0.4, 0.5) is 5.69 Å². The third-order valence-corrected chi connectivity index (χ3v) is 5.81. The van der Waals surface area contributed by atoms with Crippen LogP contribution in [0.1, 0.15) is 42.6 Å². The van der Waals surface area contributed by atoms with Crippen molar-refractivity contribution in [1.29, 1.82) is 0 Å². The van der Waals surface area contributed by atoms with E-state index >= 15 is 0 Å². The van der Waals surface area contributed by atoms with Crippen molar-refractivity contribution in [2.24, 2.45) is 0 Å². The molecule has 2 aromatic carbocycles. The molecule has 162 valence electrons. The number of aryl methyl sites for hydroxylation is 1. The van der Waals surface area contributed by atoms with Gasteiger partial charge in [-0.05, 0) is 44.5 Å². The molecule has 7 heteroatoms. The van der Waals surface area contributed by atoms with E-state index in [4.69, 9.17) is 9.47 Å².